The lowest BCUT2D eigenvalue weighted by atomic mass is 10.0. The summed E-state index contributed by atoms with van der Waals surface area (Å²) < 4.78 is 0. The largest absolute Gasteiger partial charge is 0.383 e. The predicted molar refractivity (Wildman–Crippen MR) is 146 cm³/mol. The van der Waals surface area contributed by atoms with Gasteiger partial charge in [0.1, 0.15) is 11.7 Å². The van der Waals surface area contributed by atoms with E-state index in [2.05, 4.69) is 74.3 Å². The number of piperazine rings is 1. The third kappa shape index (κ3) is 5.18. The zero-order chi connectivity index (χ0) is 24.9. The van der Waals surface area contributed by atoms with Gasteiger partial charge < -0.3 is 27.0 Å². The summed E-state index contributed by atoms with van der Waals surface area (Å²) in [6.45, 7) is 5.91. The van der Waals surface area contributed by atoms with Crippen molar-refractivity contribution < 1.29 is 0 Å². The smallest absolute Gasteiger partial charge is 0.171 e. The molecule has 3 aromatic carbocycles. The molecule has 0 atom stereocenters. The average molecular weight is 481 g/mol. The maximum Gasteiger partial charge on any atom is 0.171 e. The molecule has 0 spiro atoms. The third-order valence-corrected chi connectivity index (χ3v) is 6.44. The Balaban J connectivity index is 1.41. The summed E-state index contributed by atoms with van der Waals surface area (Å²) in [5, 5.41) is 15.1. The Hall–Kier alpha value is -4.30. The highest BCUT2D eigenvalue weighted by Crippen LogP contribution is 2.21. The van der Waals surface area contributed by atoms with E-state index >= 15 is 0 Å². The lowest BCUT2D eigenvalue weighted by Gasteiger charge is -2.30. The summed E-state index contributed by atoms with van der Waals surface area (Å²) in [7, 11) is 0. The number of aromatic amines is 1. The molecular formula is C28H32N8. The standard InChI is InChI=1S/C28H32N8/c1-19-24-17-23(10-11-25(24)35-34-19)26(29)33-28(36-14-12-31-13-15-36)27(30)32-18-20-6-5-9-22(16-20)21-7-3-2-4-8-21/h2-11,16-17,31-32H,12-15,18,30H2,1H3,(H2,29,33)(H,34,35)/b28-27-. The van der Waals surface area contributed by atoms with Gasteiger partial charge in [-0.2, -0.15) is 5.10 Å². The van der Waals surface area contributed by atoms with Crippen molar-refractivity contribution >= 4 is 16.7 Å². The minimum Gasteiger partial charge on any atom is -0.383 e. The number of H-pyrrole nitrogens is 1. The van der Waals surface area contributed by atoms with Gasteiger partial charge in [-0.1, -0.05) is 48.5 Å². The molecule has 4 aromatic rings. The highest BCUT2D eigenvalue weighted by atomic mass is 15.3. The van der Waals surface area contributed by atoms with Crippen LogP contribution in [0.4, 0.5) is 0 Å². The number of aryl methyl sites for hydroxylation is 1. The number of fused-ring (bicyclic) bond motifs is 1. The number of aromatic nitrogens is 2. The van der Waals surface area contributed by atoms with Crippen LogP contribution in [0, 0.1) is 6.92 Å². The van der Waals surface area contributed by atoms with Crippen molar-refractivity contribution in [2.45, 2.75) is 13.5 Å². The first kappa shape index (κ1) is 23.4. The topological polar surface area (TPSA) is 120 Å². The molecule has 1 aliphatic rings. The van der Waals surface area contributed by atoms with Gasteiger partial charge in [-0.05, 0) is 47.9 Å². The van der Waals surface area contributed by atoms with Crippen molar-refractivity contribution in [1.82, 2.24) is 25.7 Å². The number of nitrogens with zero attached hydrogens (tertiary/aromatic N) is 3. The summed E-state index contributed by atoms with van der Waals surface area (Å²) in [4.78, 5) is 7.00. The van der Waals surface area contributed by atoms with Crippen molar-refractivity contribution in [2.24, 2.45) is 16.5 Å². The van der Waals surface area contributed by atoms with Crippen molar-refractivity contribution in [3.63, 3.8) is 0 Å². The van der Waals surface area contributed by atoms with Crippen LogP contribution in [-0.2, 0) is 6.54 Å². The molecule has 2 heterocycles. The second-order valence-corrected chi connectivity index (χ2v) is 8.97. The van der Waals surface area contributed by atoms with Crippen LogP contribution in [0.3, 0.4) is 0 Å². The number of rotatable bonds is 7. The molecule has 0 amide bonds. The number of amidine groups is 1. The van der Waals surface area contributed by atoms with E-state index in [1.807, 2.05) is 31.2 Å². The van der Waals surface area contributed by atoms with Gasteiger partial charge in [0.05, 0.1) is 5.52 Å². The highest BCUT2D eigenvalue weighted by Gasteiger charge is 2.17. The summed E-state index contributed by atoms with van der Waals surface area (Å²) in [5.41, 5.74) is 19.3. The van der Waals surface area contributed by atoms with Gasteiger partial charge in [-0.3, -0.25) is 5.10 Å². The molecule has 36 heavy (non-hydrogen) atoms. The molecule has 1 saturated heterocycles. The summed E-state index contributed by atoms with van der Waals surface area (Å²) in [5.74, 6) is 1.59. The Morgan fingerprint density at radius 2 is 1.75 bits per heavy atom. The van der Waals surface area contributed by atoms with Crippen LogP contribution >= 0.6 is 0 Å². The van der Waals surface area contributed by atoms with Gasteiger partial charge in [0.2, 0.25) is 0 Å². The Bertz CT molecular complexity index is 1400. The molecular weight excluding hydrogens is 448 g/mol. The van der Waals surface area contributed by atoms with Gasteiger partial charge in [-0.15, -0.1) is 0 Å². The Labute approximate surface area is 211 Å². The second kappa shape index (κ2) is 10.5. The van der Waals surface area contributed by atoms with E-state index in [1.54, 1.807) is 0 Å². The second-order valence-electron chi connectivity index (χ2n) is 8.97. The number of benzene rings is 3. The first-order valence-corrected chi connectivity index (χ1v) is 12.2. The van der Waals surface area contributed by atoms with E-state index < -0.39 is 0 Å². The van der Waals surface area contributed by atoms with Crippen molar-refractivity contribution in [2.75, 3.05) is 26.2 Å². The normalized spacial score (nSPS) is 15.1. The van der Waals surface area contributed by atoms with Gasteiger partial charge in [-0.25, -0.2) is 4.99 Å². The van der Waals surface area contributed by atoms with E-state index in [4.69, 9.17) is 16.5 Å². The molecule has 0 unspecified atom stereocenters. The molecule has 5 rings (SSSR count). The Morgan fingerprint density at radius 1 is 0.972 bits per heavy atom. The SMILES string of the molecule is Cc1[nH]nc2ccc(/C(N)=N/C(=C(\N)NCc3cccc(-c4ccccc4)c3)N3CCNCC3)cc12. The van der Waals surface area contributed by atoms with E-state index in [1.165, 1.54) is 11.1 Å². The van der Waals surface area contributed by atoms with Crippen LogP contribution in [0.2, 0.25) is 0 Å². The van der Waals surface area contributed by atoms with Crippen molar-refractivity contribution in [3.05, 3.63) is 101 Å². The maximum absolute atomic E-state index is 6.60. The van der Waals surface area contributed by atoms with Crippen LogP contribution in [0.15, 0.2) is 89.4 Å². The van der Waals surface area contributed by atoms with Crippen molar-refractivity contribution in [1.29, 1.82) is 0 Å². The average Bonchev–Trinajstić information content (AvgIpc) is 3.31. The zero-order valence-electron chi connectivity index (χ0n) is 20.5. The lowest BCUT2D eigenvalue weighted by molar-refractivity contribution is 0.291. The molecule has 8 nitrogen and oxygen atoms in total. The van der Waals surface area contributed by atoms with Crippen LogP contribution in [0.1, 0.15) is 16.8 Å². The molecule has 184 valence electrons. The van der Waals surface area contributed by atoms with Gasteiger partial charge in [0.15, 0.2) is 5.82 Å². The van der Waals surface area contributed by atoms with Crippen LogP contribution in [-0.4, -0.2) is 47.1 Å². The van der Waals surface area contributed by atoms with E-state index in [-0.39, 0.29) is 0 Å². The van der Waals surface area contributed by atoms with Gasteiger partial charge in [0.25, 0.3) is 0 Å². The monoisotopic (exact) mass is 480 g/mol. The van der Waals surface area contributed by atoms with E-state index in [9.17, 15) is 0 Å². The molecule has 1 aromatic heterocycles. The quantitative estimate of drug-likeness (QED) is 0.205. The van der Waals surface area contributed by atoms with Crippen molar-refractivity contribution in [3.8, 4) is 11.1 Å². The first-order chi connectivity index (χ1) is 17.6. The van der Waals surface area contributed by atoms with E-state index in [0.29, 0.717) is 24.0 Å². The molecule has 8 heteroatoms. The minimum absolute atomic E-state index is 0.418. The summed E-state index contributed by atoms with van der Waals surface area (Å²) >= 11 is 0. The molecule has 0 saturated carbocycles. The molecule has 0 radical (unpaired) electrons. The maximum atomic E-state index is 6.60. The molecule has 0 bridgehead atoms. The summed E-state index contributed by atoms with van der Waals surface area (Å²) in [6, 6.07) is 24.7. The lowest BCUT2D eigenvalue weighted by Crippen LogP contribution is -2.44. The molecule has 0 aliphatic carbocycles. The zero-order valence-corrected chi connectivity index (χ0v) is 20.5. The number of hydrogen-bond acceptors (Lipinski definition) is 6. The van der Waals surface area contributed by atoms with Gasteiger partial charge >= 0.3 is 0 Å². The van der Waals surface area contributed by atoms with Crippen LogP contribution < -0.4 is 22.1 Å². The van der Waals surface area contributed by atoms with E-state index in [0.717, 1.165) is 53.9 Å². The molecule has 1 aliphatic heterocycles. The number of aliphatic imine (C=N–C) groups is 1. The fraction of sp³-hybridized carbons (Fsp3) is 0.214. The minimum atomic E-state index is 0.418. The highest BCUT2D eigenvalue weighted by molar-refractivity contribution is 6.01. The molecule has 7 N–H and O–H groups in total. The van der Waals surface area contributed by atoms with Gasteiger partial charge in [0, 0.05) is 49.4 Å². The number of hydrogen-bond donors (Lipinski definition) is 5. The Kier molecular flexibility index (Phi) is 6.86. The predicted octanol–water partition coefficient (Wildman–Crippen LogP) is 3.02. The summed E-state index contributed by atoms with van der Waals surface area (Å²) in [6.07, 6.45) is 0. The first-order valence-electron chi connectivity index (χ1n) is 12.2. The van der Waals surface area contributed by atoms with Crippen LogP contribution in [0.25, 0.3) is 22.0 Å². The fourth-order valence-electron chi connectivity index (χ4n) is 4.42. The molecule has 1 fully saturated rings. The Morgan fingerprint density at radius 3 is 2.56 bits per heavy atom. The third-order valence-electron chi connectivity index (χ3n) is 6.44. The number of nitrogens with one attached hydrogen (secondary N) is 3. The fourth-order valence-corrected chi connectivity index (χ4v) is 4.42. The number of nitrogens with two attached hydrogens (primary N) is 2. The van der Waals surface area contributed by atoms with Crippen LogP contribution in [0.5, 0.6) is 0 Å².